The molecule has 0 amide bonds. The van der Waals surface area contributed by atoms with Crippen LogP contribution in [-0.2, 0) is 0 Å². The number of quaternary nitrogens is 1. The highest BCUT2D eigenvalue weighted by Gasteiger charge is 2.18. The zero-order valence-corrected chi connectivity index (χ0v) is 10.6. The van der Waals surface area contributed by atoms with Gasteiger partial charge in [-0.05, 0) is 29.3 Å². The molecule has 4 N–H and O–H groups in total. The summed E-state index contributed by atoms with van der Waals surface area (Å²) in [7, 11) is 0. The number of rotatable bonds is 3. The quantitative estimate of drug-likeness (QED) is 0.722. The van der Waals surface area contributed by atoms with E-state index in [9.17, 15) is 4.39 Å². The van der Waals surface area contributed by atoms with Crippen LogP contribution >= 0.6 is 0 Å². The van der Waals surface area contributed by atoms with E-state index in [1.165, 1.54) is 23.1 Å². The number of benzene rings is 2. The van der Waals surface area contributed by atoms with Crippen molar-refractivity contribution in [3.05, 3.63) is 71.7 Å². The van der Waals surface area contributed by atoms with Gasteiger partial charge in [0, 0.05) is 17.1 Å². The maximum absolute atomic E-state index is 13.0. The molecule has 0 aliphatic rings. The highest BCUT2D eigenvalue weighted by atomic mass is 19.1. The van der Waals surface area contributed by atoms with Crippen LogP contribution in [-0.4, -0.2) is 11.5 Å². The highest BCUT2D eigenvalue weighted by Crippen LogP contribution is 2.29. The maximum atomic E-state index is 13.0. The van der Waals surface area contributed by atoms with Gasteiger partial charge in [0.1, 0.15) is 5.82 Å². The third kappa shape index (κ3) is 2.13. The van der Waals surface area contributed by atoms with Gasteiger partial charge in [-0.1, -0.05) is 30.3 Å². The molecule has 19 heavy (non-hydrogen) atoms. The maximum Gasteiger partial charge on any atom is 0.123 e. The number of fused-ring (bicyclic) bond motifs is 1. The van der Waals surface area contributed by atoms with Gasteiger partial charge in [0.15, 0.2) is 0 Å². The van der Waals surface area contributed by atoms with Crippen LogP contribution in [0.1, 0.15) is 17.0 Å². The fraction of sp³-hybridized carbons (Fsp3) is 0.125. The molecular formula is C16H16FN2+. The minimum Gasteiger partial charge on any atom is -0.361 e. The van der Waals surface area contributed by atoms with Crippen molar-refractivity contribution < 1.29 is 10.1 Å². The van der Waals surface area contributed by atoms with Crippen molar-refractivity contribution in [2.75, 3.05) is 6.54 Å². The second-order valence-corrected chi connectivity index (χ2v) is 4.68. The molecule has 96 valence electrons. The average molecular weight is 255 g/mol. The summed E-state index contributed by atoms with van der Waals surface area (Å²) in [5.41, 5.74) is 7.48. The Morgan fingerprint density at radius 2 is 1.79 bits per heavy atom. The second kappa shape index (κ2) is 4.86. The lowest BCUT2D eigenvalue weighted by Crippen LogP contribution is -2.53. The number of aromatic nitrogens is 1. The third-order valence-corrected chi connectivity index (χ3v) is 3.56. The fourth-order valence-corrected chi connectivity index (χ4v) is 2.58. The van der Waals surface area contributed by atoms with E-state index in [1.807, 2.05) is 30.5 Å². The van der Waals surface area contributed by atoms with Crippen LogP contribution in [0.15, 0.2) is 54.7 Å². The van der Waals surface area contributed by atoms with Crippen LogP contribution in [0.4, 0.5) is 4.39 Å². The van der Waals surface area contributed by atoms with Gasteiger partial charge in [-0.3, -0.25) is 0 Å². The van der Waals surface area contributed by atoms with Gasteiger partial charge < -0.3 is 10.7 Å². The molecule has 3 heteroatoms. The first-order valence-electron chi connectivity index (χ1n) is 6.40. The van der Waals surface area contributed by atoms with Gasteiger partial charge in [0.05, 0.1) is 12.5 Å². The Balaban J connectivity index is 2.09. The molecule has 0 unspecified atom stereocenters. The Bertz CT molecular complexity index is 685. The normalized spacial score (nSPS) is 12.7. The Hall–Kier alpha value is -2.13. The first kappa shape index (κ1) is 11.9. The molecule has 0 radical (unpaired) electrons. The number of para-hydroxylation sites is 1. The van der Waals surface area contributed by atoms with Crippen molar-refractivity contribution in [2.24, 2.45) is 0 Å². The zero-order valence-electron chi connectivity index (χ0n) is 10.6. The lowest BCUT2D eigenvalue weighted by molar-refractivity contribution is -0.370. The summed E-state index contributed by atoms with van der Waals surface area (Å²) >= 11 is 0. The molecule has 1 aromatic heterocycles. The number of nitrogens with one attached hydrogen (secondary N) is 1. The lowest BCUT2D eigenvalue weighted by atomic mass is 9.91. The topological polar surface area (TPSA) is 43.4 Å². The van der Waals surface area contributed by atoms with E-state index >= 15 is 0 Å². The molecule has 0 saturated carbocycles. The molecular weight excluding hydrogens is 239 g/mol. The molecule has 0 aliphatic heterocycles. The number of hydrogen-bond acceptors (Lipinski definition) is 0. The predicted octanol–water partition coefficient (Wildman–Crippen LogP) is 2.68. The SMILES string of the molecule is [NH3+]C[C@@H](c1ccc(F)cc1)c1c[nH]c2ccccc12. The van der Waals surface area contributed by atoms with E-state index in [4.69, 9.17) is 0 Å². The van der Waals surface area contributed by atoms with E-state index < -0.39 is 0 Å². The summed E-state index contributed by atoms with van der Waals surface area (Å²) in [5, 5.41) is 1.21. The molecule has 1 atom stereocenters. The summed E-state index contributed by atoms with van der Waals surface area (Å²) in [6.07, 6.45) is 2.03. The average Bonchev–Trinajstić information content (AvgIpc) is 2.86. The monoisotopic (exact) mass is 255 g/mol. The molecule has 2 nitrogen and oxygen atoms in total. The van der Waals surface area contributed by atoms with Gasteiger partial charge in [-0.15, -0.1) is 0 Å². The Morgan fingerprint density at radius 1 is 1.05 bits per heavy atom. The van der Waals surface area contributed by atoms with Crippen LogP contribution in [0.25, 0.3) is 10.9 Å². The molecule has 0 bridgehead atoms. The molecule has 1 heterocycles. The van der Waals surface area contributed by atoms with Crippen LogP contribution in [0.5, 0.6) is 0 Å². The van der Waals surface area contributed by atoms with E-state index in [0.29, 0.717) is 0 Å². The first-order chi connectivity index (χ1) is 9.29. The summed E-state index contributed by atoms with van der Waals surface area (Å²) in [5.74, 6) is -0.0118. The Morgan fingerprint density at radius 3 is 2.53 bits per heavy atom. The number of aromatic amines is 1. The van der Waals surface area contributed by atoms with E-state index in [0.717, 1.165) is 17.6 Å². The second-order valence-electron chi connectivity index (χ2n) is 4.68. The van der Waals surface area contributed by atoms with Crippen molar-refractivity contribution in [1.82, 2.24) is 4.98 Å². The standard InChI is InChI=1S/C16H15FN2/c17-12-7-5-11(6-8-12)14(9-18)15-10-19-16-4-2-1-3-13(15)16/h1-8,10,14,19H,9,18H2/p+1/t14-/m0/s1. The van der Waals surface area contributed by atoms with E-state index in [-0.39, 0.29) is 11.7 Å². The minimum atomic E-state index is -0.203. The number of hydrogen-bond donors (Lipinski definition) is 2. The molecule has 0 fully saturated rings. The fourth-order valence-electron chi connectivity index (χ4n) is 2.58. The van der Waals surface area contributed by atoms with Crippen LogP contribution in [0.2, 0.25) is 0 Å². The highest BCUT2D eigenvalue weighted by molar-refractivity contribution is 5.84. The van der Waals surface area contributed by atoms with Crippen LogP contribution in [0.3, 0.4) is 0 Å². The van der Waals surface area contributed by atoms with Gasteiger partial charge >= 0.3 is 0 Å². The Kier molecular flexibility index (Phi) is 3.05. The first-order valence-corrected chi connectivity index (χ1v) is 6.40. The largest absolute Gasteiger partial charge is 0.361 e. The van der Waals surface area contributed by atoms with Crippen LogP contribution < -0.4 is 5.73 Å². The van der Waals surface area contributed by atoms with Crippen molar-refractivity contribution in [2.45, 2.75) is 5.92 Å². The van der Waals surface area contributed by atoms with Crippen molar-refractivity contribution >= 4 is 10.9 Å². The van der Waals surface area contributed by atoms with Gasteiger partial charge in [-0.2, -0.15) is 0 Å². The van der Waals surface area contributed by atoms with Crippen LogP contribution in [0, 0.1) is 5.82 Å². The van der Waals surface area contributed by atoms with E-state index in [2.05, 4.69) is 22.9 Å². The molecule has 3 aromatic rings. The predicted molar refractivity (Wildman–Crippen MR) is 74.3 cm³/mol. The van der Waals surface area contributed by atoms with Crippen molar-refractivity contribution in [3.63, 3.8) is 0 Å². The summed E-state index contributed by atoms with van der Waals surface area (Å²) in [6.45, 7) is 0.744. The van der Waals surface area contributed by atoms with Gasteiger partial charge in [0.2, 0.25) is 0 Å². The Labute approximate surface area is 111 Å². The molecule has 3 rings (SSSR count). The van der Waals surface area contributed by atoms with E-state index in [1.54, 1.807) is 0 Å². The summed E-state index contributed by atoms with van der Waals surface area (Å²) in [6, 6.07) is 14.9. The number of H-pyrrole nitrogens is 1. The molecule has 0 spiro atoms. The van der Waals surface area contributed by atoms with Gasteiger partial charge in [-0.25, -0.2) is 4.39 Å². The molecule has 0 saturated heterocycles. The molecule has 0 aliphatic carbocycles. The third-order valence-electron chi connectivity index (χ3n) is 3.56. The zero-order chi connectivity index (χ0) is 13.2. The summed E-state index contributed by atoms with van der Waals surface area (Å²) in [4.78, 5) is 3.28. The smallest absolute Gasteiger partial charge is 0.123 e. The van der Waals surface area contributed by atoms with Gasteiger partial charge in [0.25, 0.3) is 0 Å². The van der Waals surface area contributed by atoms with Crippen molar-refractivity contribution in [1.29, 1.82) is 0 Å². The summed E-state index contributed by atoms with van der Waals surface area (Å²) < 4.78 is 13.0. The molecule has 2 aromatic carbocycles. The lowest BCUT2D eigenvalue weighted by Gasteiger charge is -2.12. The minimum absolute atomic E-state index is 0.191. The van der Waals surface area contributed by atoms with Crippen molar-refractivity contribution in [3.8, 4) is 0 Å². The number of halogens is 1.